The second-order valence-corrected chi connectivity index (χ2v) is 9.21. The number of pyridine rings is 1. The summed E-state index contributed by atoms with van der Waals surface area (Å²) in [6.45, 7) is 3.46. The lowest BCUT2D eigenvalue weighted by Gasteiger charge is -2.33. The van der Waals surface area contributed by atoms with Crippen molar-refractivity contribution in [2.24, 2.45) is 0 Å². The third-order valence-electron chi connectivity index (χ3n) is 7.34. The molecule has 0 atom stereocenters. The van der Waals surface area contributed by atoms with Gasteiger partial charge in [-0.05, 0) is 79.3 Å². The first kappa shape index (κ1) is 20.7. The van der Waals surface area contributed by atoms with Gasteiger partial charge >= 0.3 is 0 Å². The summed E-state index contributed by atoms with van der Waals surface area (Å²) in [6, 6.07) is 8.28. The molecule has 1 saturated heterocycles. The summed E-state index contributed by atoms with van der Waals surface area (Å²) < 4.78 is 2.02. The minimum absolute atomic E-state index is 0.0394. The Morgan fingerprint density at radius 1 is 1.03 bits per heavy atom. The molecular weight excluding hydrogens is 400 g/mol. The second-order valence-electron chi connectivity index (χ2n) is 9.21. The molecule has 2 aliphatic rings. The van der Waals surface area contributed by atoms with Gasteiger partial charge in [0, 0.05) is 37.5 Å². The maximum Gasteiger partial charge on any atom is 0.254 e. The van der Waals surface area contributed by atoms with Crippen LogP contribution in [-0.2, 0) is 0 Å². The van der Waals surface area contributed by atoms with Crippen molar-refractivity contribution in [3.8, 4) is 0 Å². The van der Waals surface area contributed by atoms with Gasteiger partial charge in [0.2, 0.25) is 0 Å². The van der Waals surface area contributed by atoms with E-state index >= 15 is 0 Å². The van der Waals surface area contributed by atoms with Crippen LogP contribution in [0.25, 0.3) is 5.52 Å². The smallest absolute Gasteiger partial charge is 0.254 e. The summed E-state index contributed by atoms with van der Waals surface area (Å²) in [7, 11) is 1.65. The van der Waals surface area contributed by atoms with Crippen molar-refractivity contribution in [1.29, 1.82) is 0 Å². The van der Waals surface area contributed by atoms with E-state index in [4.69, 9.17) is 0 Å². The molecule has 0 radical (unpaired) electrons. The molecule has 2 aromatic heterocycles. The van der Waals surface area contributed by atoms with Gasteiger partial charge in [0.1, 0.15) is 0 Å². The van der Waals surface area contributed by atoms with Gasteiger partial charge in [0.25, 0.3) is 11.8 Å². The molecule has 2 amide bonds. The molecular formula is C26H30N4O2. The Labute approximate surface area is 188 Å². The van der Waals surface area contributed by atoms with Crippen LogP contribution in [0.15, 0.2) is 43.0 Å². The van der Waals surface area contributed by atoms with Crippen LogP contribution in [0.2, 0.25) is 0 Å². The fourth-order valence-corrected chi connectivity index (χ4v) is 5.13. The number of imidazole rings is 1. The van der Waals surface area contributed by atoms with Crippen molar-refractivity contribution in [1.82, 2.24) is 19.6 Å². The van der Waals surface area contributed by atoms with Crippen molar-refractivity contribution in [3.05, 3.63) is 70.8 Å². The van der Waals surface area contributed by atoms with Gasteiger partial charge in [0.15, 0.2) is 0 Å². The summed E-state index contributed by atoms with van der Waals surface area (Å²) in [6.07, 6.45) is 11.1. The number of benzene rings is 1. The number of carbonyl (C=O) groups is 2. The summed E-state index contributed by atoms with van der Waals surface area (Å²) in [5, 5.41) is 2.75. The molecule has 3 heterocycles. The second kappa shape index (κ2) is 8.41. The summed E-state index contributed by atoms with van der Waals surface area (Å²) in [5.74, 6) is 0.823. The van der Waals surface area contributed by atoms with E-state index in [1.807, 2.05) is 34.8 Å². The predicted octanol–water partition coefficient (Wildman–Crippen LogP) is 4.29. The van der Waals surface area contributed by atoms with Gasteiger partial charge in [-0.15, -0.1) is 0 Å². The largest absolute Gasteiger partial charge is 0.355 e. The Morgan fingerprint density at radius 3 is 2.50 bits per heavy atom. The first-order valence-corrected chi connectivity index (χ1v) is 11.6. The SMILES string of the molecule is CNC(=O)c1cc(C(=O)N2CCC(c3ccn4cncc4c3)CC2)c(C)cc1C1CCC1. The number of piperidine rings is 1. The quantitative estimate of drug-likeness (QED) is 0.671. The standard InChI is InChI=1S/C26H30N4O2/c1-17-12-23(19-4-3-5-19)24(25(31)27-2)14-22(17)26(32)29-9-6-18(7-10-29)20-8-11-30-16-28-15-21(30)13-20/h8,11-16,18-19H,3-7,9-10H2,1-2H3,(H,27,31). The van der Waals surface area contributed by atoms with E-state index in [0.717, 1.165) is 55.4 Å². The van der Waals surface area contributed by atoms with E-state index in [0.29, 0.717) is 23.0 Å². The molecule has 1 aromatic carbocycles. The number of likely N-dealkylation sites (tertiary alicyclic amines) is 1. The average Bonchev–Trinajstić information content (AvgIpc) is 3.25. The molecule has 1 N–H and O–H groups in total. The molecule has 6 heteroatoms. The zero-order valence-corrected chi connectivity index (χ0v) is 18.8. The van der Waals surface area contributed by atoms with Crippen LogP contribution in [0.4, 0.5) is 0 Å². The Morgan fingerprint density at radius 2 is 1.81 bits per heavy atom. The van der Waals surface area contributed by atoms with Gasteiger partial charge in [-0.1, -0.05) is 12.5 Å². The number of fused-ring (bicyclic) bond motifs is 1. The van der Waals surface area contributed by atoms with Gasteiger partial charge < -0.3 is 14.6 Å². The minimum Gasteiger partial charge on any atom is -0.355 e. The van der Waals surface area contributed by atoms with E-state index in [2.05, 4.69) is 34.7 Å². The maximum absolute atomic E-state index is 13.4. The molecule has 3 aromatic rings. The molecule has 1 aliphatic carbocycles. The number of hydrogen-bond acceptors (Lipinski definition) is 3. The monoisotopic (exact) mass is 430 g/mol. The number of hydrogen-bond donors (Lipinski definition) is 1. The van der Waals surface area contributed by atoms with Gasteiger partial charge in [-0.3, -0.25) is 9.59 Å². The minimum atomic E-state index is -0.102. The number of carbonyl (C=O) groups excluding carboxylic acids is 2. The molecule has 32 heavy (non-hydrogen) atoms. The lowest BCUT2D eigenvalue weighted by molar-refractivity contribution is 0.0712. The number of aromatic nitrogens is 2. The zero-order valence-electron chi connectivity index (χ0n) is 18.8. The lowest BCUT2D eigenvalue weighted by Crippen LogP contribution is -2.38. The first-order chi connectivity index (χ1) is 15.5. The van der Waals surface area contributed by atoms with E-state index in [1.54, 1.807) is 7.05 Å². The van der Waals surface area contributed by atoms with E-state index in [-0.39, 0.29) is 11.8 Å². The predicted molar refractivity (Wildman–Crippen MR) is 124 cm³/mol. The average molecular weight is 431 g/mol. The van der Waals surface area contributed by atoms with Gasteiger partial charge in [-0.25, -0.2) is 4.98 Å². The fraction of sp³-hybridized carbons (Fsp3) is 0.423. The highest BCUT2D eigenvalue weighted by Crippen LogP contribution is 2.39. The van der Waals surface area contributed by atoms with Crippen LogP contribution in [0, 0.1) is 6.92 Å². The maximum atomic E-state index is 13.4. The highest BCUT2D eigenvalue weighted by atomic mass is 16.2. The number of aryl methyl sites for hydroxylation is 1. The molecule has 5 rings (SSSR count). The first-order valence-electron chi connectivity index (χ1n) is 11.6. The molecule has 6 nitrogen and oxygen atoms in total. The number of nitrogens with one attached hydrogen (secondary N) is 1. The molecule has 0 unspecified atom stereocenters. The van der Waals surface area contributed by atoms with Crippen molar-refractivity contribution in [3.63, 3.8) is 0 Å². The van der Waals surface area contributed by atoms with Crippen molar-refractivity contribution in [2.45, 2.75) is 50.9 Å². The summed E-state index contributed by atoms with van der Waals surface area (Å²) in [4.78, 5) is 32.1. The number of nitrogens with zero attached hydrogens (tertiary/aromatic N) is 3. The third kappa shape index (κ3) is 3.68. The Balaban J connectivity index is 1.33. The van der Waals surface area contributed by atoms with Crippen LogP contribution in [0.5, 0.6) is 0 Å². The van der Waals surface area contributed by atoms with Crippen LogP contribution in [0.3, 0.4) is 0 Å². The molecule has 0 spiro atoms. The highest BCUT2D eigenvalue weighted by molar-refractivity contribution is 6.01. The van der Waals surface area contributed by atoms with E-state index in [1.165, 1.54) is 12.0 Å². The zero-order chi connectivity index (χ0) is 22.2. The van der Waals surface area contributed by atoms with Gasteiger partial charge in [0.05, 0.1) is 18.0 Å². The van der Waals surface area contributed by atoms with E-state index < -0.39 is 0 Å². The number of amides is 2. The van der Waals surface area contributed by atoms with Gasteiger partial charge in [-0.2, -0.15) is 0 Å². The van der Waals surface area contributed by atoms with Crippen molar-refractivity contribution in [2.75, 3.05) is 20.1 Å². The van der Waals surface area contributed by atoms with Crippen LogP contribution in [-0.4, -0.2) is 46.2 Å². The Kier molecular flexibility index (Phi) is 5.45. The van der Waals surface area contributed by atoms with Crippen molar-refractivity contribution < 1.29 is 9.59 Å². The van der Waals surface area contributed by atoms with Crippen LogP contribution < -0.4 is 5.32 Å². The molecule has 2 fully saturated rings. The molecule has 166 valence electrons. The lowest BCUT2D eigenvalue weighted by atomic mass is 9.77. The third-order valence-corrected chi connectivity index (χ3v) is 7.34. The fourth-order valence-electron chi connectivity index (χ4n) is 5.13. The van der Waals surface area contributed by atoms with E-state index in [9.17, 15) is 9.59 Å². The molecule has 1 saturated carbocycles. The summed E-state index contributed by atoms with van der Waals surface area (Å²) >= 11 is 0. The Bertz CT molecular complexity index is 1170. The normalized spacial score (nSPS) is 17.4. The molecule has 1 aliphatic heterocycles. The van der Waals surface area contributed by atoms with Crippen LogP contribution in [0.1, 0.15) is 81.3 Å². The highest BCUT2D eigenvalue weighted by Gasteiger charge is 2.29. The summed E-state index contributed by atoms with van der Waals surface area (Å²) in [5.41, 5.74) is 5.80. The van der Waals surface area contributed by atoms with Crippen molar-refractivity contribution >= 4 is 17.3 Å². The van der Waals surface area contributed by atoms with Crippen LogP contribution >= 0.6 is 0 Å². The Hall–Kier alpha value is -3.15. The number of rotatable bonds is 4. The molecule has 0 bridgehead atoms. The topological polar surface area (TPSA) is 66.7 Å².